The molecule has 0 unspecified atom stereocenters. The topological polar surface area (TPSA) is 77.2 Å². The Morgan fingerprint density at radius 2 is 2.00 bits per heavy atom. The number of nitrogens with zero attached hydrogens (tertiary/aromatic N) is 2. The van der Waals surface area contributed by atoms with E-state index in [1.165, 1.54) is 11.3 Å². The van der Waals surface area contributed by atoms with Gasteiger partial charge < -0.3 is 14.6 Å². The maximum absolute atomic E-state index is 12.3. The summed E-state index contributed by atoms with van der Waals surface area (Å²) in [6, 6.07) is 11.5. The summed E-state index contributed by atoms with van der Waals surface area (Å²) in [5.41, 5.74) is 3.58. The van der Waals surface area contributed by atoms with Gasteiger partial charge in [0.1, 0.15) is 18.1 Å². The molecule has 0 saturated carbocycles. The summed E-state index contributed by atoms with van der Waals surface area (Å²) in [6.07, 6.45) is 0.276. The number of carbonyl (C=O) groups is 1. The molecule has 0 aliphatic rings. The summed E-state index contributed by atoms with van der Waals surface area (Å²) in [7, 11) is 0. The number of thiophene rings is 1. The van der Waals surface area contributed by atoms with Crippen LogP contribution in [0.1, 0.15) is 22.6 Å². The normalized spacial score (nSPS) is 10.8. The monoisotopic (exact) mass is 425 g/mol. The molecule has 8 heteroatoms. The average Bonchev–Trinajstić information content (AvgIpc) is 3.44. The van der Waals surface area contributed by atoms with Crippen LogP contribution in [-0.4, -0.2) is 16.0 Å². The summed E-state index contributed by atoms with van der Waals surface area (Å²) in [6.45, 7) is 4.16. The Morgan fingerprint density at radius 1 is 1.17 bits per heavy atom. The van der Waals surface area contributed by atoms with Crippen LogP contribution in [0.3, 0.4) is 0 Å². The van der Waals surface area contributed by atoms with E-state index in [1.807, 2.05) is 61.0 Å². The third kappa shape index (κ3) is 4.72. The number of carbonyl (C=O) groups excluding carboxylic acids is 1. The number of benzene rings is 1. The van der Waals surface area contributed by atoms with E-state index >= 15 is 0 Å². The summed E-state index contributed by atoms with van der Waals surface area (Å²) in [4.78, 5) is 17.9. The highest BCUT2D eigenvalue weighted by Crippen LogP contribution is 2.28. The average molecular weight is 426 g/mol. The first kappa shape index (κ1) is 19.4. The molecule has 148 valence electrons. The van der Waals surface area contributed by atoms with Gasteiger partial charge in [-0.3, -0.25) is 4.79 Å². The van der Waals surface area contributed by atoms with Crippen molar-refractivity contribution in [1.82, 2.24) is 10.1 Å². The molecular weight excluding hydrogens is 406 g/mol. The molecule has 0 bridgehead atoms. The van der Waals surface area contributed by atoms with Gasteiger partial charge in [0.05, 0.1) is 28.2 Å². The van der Waals surface area contributed by atoms with Crippen molar-refractivity contribution in [3.05, 3.63) is 69.7 Å². The van der Waals surface area contributed by atoms with E-state index in [0.717, 1.165) is 38.9 Å². The lowest BCUT2D eigenvalue weighted by molar-refractivity contribution is -0.115. The van der Waals surface area contributed by atoms with Gasteiger partial charge in [0.25, 0.3) is 0 Å². The standard InChI is InChI=1S/C21H19N3O3S2/c1-13-17(14(2)27-24-13)11-26-16-7-5-15(6-8-16)10-20(25)23-21-22-18(12-29-21)19-4-3-9-28-19/h3-9,12H,10-11H2,1-2H3,(H,22,23,25). The summed E-state index contributed by atoms with van der Waals surface area (Å²) in [5, 5.41) is 11.4. The van der Waals surface area contributed by atoms with Crippen molar-refractivity contribution in [3.63, 3.8) is 0 Å². The van der Waals surface area contributed by atoms with Crippen molar-refractivity contribution in [2.24, 2.45) is 0 Å². The zero-order valence-corrected chi connectivity index (χ0v) is 17.6. The van der Waals surface area contributed by atoms with Crippen molar-refractivity contribution < 1.29 is 14.1 Å². The minimum atomic E-state index is -0.0959. The maximum Gasteiger partial charge on any atom is 0.230 e. The molecule has 1 amide bonds. The molecule has 0 spiro atoms. The molecule has 0 fully saturated rings. The molecule has 0 atom stereocenters. The highest BCUT2D eigenvalue weighted by atomic mass is 32.1. The minimum Gasteiger partial charge on any atom is -0.489 e. The lowest BCUT2D eigenvalue weighted by atomic mass is 10.1. The third-order valence-electron chi connectivity index (χ3n) is 4.38. The van der Waals surface area contributed by atoms with Crippen LogP contribution in [0.15, 0.2) is 51.7 Å². The summed E-state index contributed by atoms with van der Waals surface area (Å²) < 4.78 is 10.9. The molecule has 29 heavy (non-hydrogen) atoms. The van der Waals surface area contributed by atoms with Crippen LogP contribution in [0.4, 0.5) is 5.13 Å². The molecule has 0 saturated heterocycles. The number of anilines is 1. The molecule has 3 heterocycles. The second-order valence-corrected chi connectivity index (χ2v) is 8.28. The third-order valence-corrected chi connectivity index (χ3v) is 6.03. The van der Waals surface area contributed by atoms with Crippen molar-refractivity contribution in [1.29, 1.82) is 0 Å². The number of rotatable bonds is 7. The molecule has 0 aliphatic heterocycles. The molecule has 1 aromatic carbocycles. The van der Waals surface area contributed by atoms with Gasteiger partial charge in [-0.2, -0.15) is 0 Å². The molecule has 3 aromatic heterocycles. The minimum absolute atomic E-state index is 0.0959. The van der Waals surface area contributed by atoms with Gasteiger partial charge in [0, 0.05) is 5.38 Å². The first-order chi connectivity index (χ1) is 14.1. The Hall–Kier alpha value is -2.97. The molecular formula is C21H19N3O3S2. The number of thiazole rings is 1. The second kappa shape index (κ2) is 8.59. The predicted octanol–water partition coefficient (Wildman–Crippen LogP) is 5.24. The van der Waals surface area contributed by atoms with Gasteiger partial charge in [-0.25, -0.2) is 4.98 Å². The van der Waals surface area contributed by atoms with E-state index in [4.69, 9.17) is 9.26 Å². The zero-order chi connectivity index (χ0) is 20.2. The Balaban J connectivity index is 1.31. The molecule has 0 radical (unpaired) electrons. The Bertz CT molecular complexity index is 1080. The van der Waals surface area contributed by atoms with Crippen LogP contribution in [0.2, 0.25) is 0 Å². The molecule has 6 nitrogen and oxygen atoms in total. The SMILES string of the molecule is Cc1noc(C)c1COc1ccc(CC(=O)Nc2nc(-c3cccs3)cs2)cc1. The predicted molar refractivity (Wildman–Crippen MR) is 115 cm³/mol. The number of hydrogen-bond acceptors (Lipinski definition) is 7. The first-order valence-corrected chi connectivity index (χ1v) is 10.8. The highest BCUT2D eigenvalue weighted by Gasteiger charge is 2.11. The number of ether oxygens (including phenoxy) is 1. The van der Waals surface area contributed by atoms with E-state index in [1.54, 1.807) is 11.3 Å². The molecule has 1 N–H and O–H groups in total. The van der Waals surface area contributed by atoms with Crippen molar-refractivity contribution in [3.8, 4) is 16.3 Å². The lowest BCUT2D eigenvalue weighted by Gasteiger charge is -2.07. The van der Waals surface area contributed by atoms with E-state index in [9.17, 15) is 4.79 Å². The van der Waals surface area contributed by atoms with Crippen molar-refractivity contribution in [2.45, 2.75) is 26.9 Å². The van der Waals surface area contributed by atoms with Crippen LogP contribution in [0, 0.1) is 13.8 Å². The molecule has 0 aliphatic carbocycles. The van der Waals surface area contributed by atoms with Gasteiger partial charge >= 0.3 is 0 Å². The highest BCUT2D eigenvalue weighted by molar-refractivity contribution is 7.16. The Kier molecular flexibility index (Phi) is 5.73. The van der Waals surface area contributed by atoms with Crippen LogP contribution in [0.5, 0.6) is 5.75 Å². The fourth-order valence-electron chi connectivity index (χ4n) is 2.78. The maximum atomic E-state index is 12.3. The largest absolute Gasteiger partial charge is 0.489 e. The van der Waals surface area contributed by atoms with Gasteiger partial charge in [0.2, 0.25) is 5.91 Å². The van der Waals surface area contributed by atoms with Crippen molar-refractivity contribution in [2.75, 3.05) is 5.32 Å². The number of hydrogen-bond donors (Lipinski definition) is 1. The molecule has 4 aromatic rings. The van der Waals surface area contributed by atoms with Gasteiger partial charge in [-0.1, -0.05) is 23.4 Å². The number of nitrogens with one attached hydrogen (secondary N) is 1. The Labute approximate surface area is 176 Å². The van der Waals surface area contributed by atoms with Crippen LogP contribution in [0.25, 0.3) is 10.6 Å². The number of aryl methyl sites for hydroxylation is 2. The smallest absolute Gasteiger partial charge is 0.230 e. The van der Waals surface area contributed by atoms with Crippen LogP contribution >= 0.6 is 22.7 Å². The zero-order valence-electron chi connectivity index (χ0n) is 16.0. The van der Waals surface area contributed by atoms with Crippen LogP contribution in [-0.2, 0) is 17.8 Å². The quantitative estimate of drug-likeness (QED) is 0.438. The number of aromatic nitrogens is 2. The second-order valence-electron chi connectivity index (χ2n) is 6.48. The fourth-order valence-corrected chi connectivity index (χ4v) is 4.27. The van der Waals surface area contributed by atoms with E-state index < -0.39 is 0 Å². The van der Waals surface area contributed by atoms with Gasteiger partial charge in [0.15, 0.2) is 5.13 Å². The van der Waals surface area contributed by atoms with E-state index in [2.05, 4.69) is 15.5 Å². The number of amides is 1. The van der Waals surface area contributed by atoms with E-state index in [0.29, 0.717) is 11.7 Å². The van der Waals surface area contributed by atoms with Gasteiger partial charge in [-0.15, -0.1) is 22.7 Å². The molecule has 4 rings (SSSR count). The van der Waals surface area contributed by atoms with Crippen molar-refractivity contribution >= 4 is 33.7 Å². The van der Waals surface area contributed by atoms with Crippen LogP contribution < -0.4 is 10.1 Å². The fraction of sp³-hybridized carbons (Fsp3) is 0.190. The summed E-state index contributed by atoms with van der Waals surface area (Å²) in [5.74, 6) is 1.40. The van der Waals surface area contributed by atoms with E-state index in [-0.39, 0.29) is 12.3 Å². The summed E-state index contributed by atoms with van der Waals surface area (Å²) >= 11 is 3.06. The van der Waals surface area contributed by atoms with Gasteiger partial charge in [-0.05, 0) is 43.0 Å². The lowest BCUT2D eigenvalue weighted by Crippen LogP contribution is -2.14. The Morgan fingerprint density at radius 3 is 2.69 bits per heavy atom. The first-order valence-electron chi connectivity index (χ1n) is 9.01.